The fraction of sp³-hybridized carbons (Fsp3) is 0.533. The number of carbonyl (C=O) groups is 1. The van der Waals surface area contributed by atoms with Crippen molar-refractivity contribution in [2.45, 2.75) is 26.3 Å². The van der Waals surface area contributed by atoms with Gasteiger partial charge in [0.2, 0.25) is 5.91 Å². The molecule has 0 spiro atoms. The molecule has 2 rings (SSSR count). The number of anilines is 1. The highest BCUT2D eigenvalue weighted by Gasteiger charge is 2.16. The molecule has 0 aromatic heterocycles. The van der Waals surface area contributed by atoms with Crippen LogP contribution in [0.5, 0.6) is 0 Å². The van der Waals surface area contributed by atoms with Crippen molar-refractivity contribution in [3.63, 3.8) is 0 Å². The summed E-state index contributed by atoms with van der Waals surface area (Å²) in [4.78, 5) is 14.1. The van der Waals surface area contributed by atoms with Crippen LogP contribution < -0.4 is 5.32 Å². The van der Waals surface area contributed by atoms with E-state index in [9.17, 15) is 4.79 Å². The summed E-state index contributed by atoms with van der Waals surface area (Å²) in [6.45, 7) is 6.03. The highest BCUT2D eigenvalue weighted by Crippen LogP contribution is 2.14. The lowest BCUT2D eigenvalue weighted by atomic mass is 10.1. The summed E-state index contributed by atoms with van der Waals surface area (Å²) < 4.78 is 0. The first kappa shape index (κ1) is 14.3. The molecule has 3 nitrogen and oxygen atoms in total. The van der Waals surface area contributed by atoms with Crippen molar-refractivity contribution in [3.05, 3.63) is 29.8 Å². The summed E-state index contributed by atoms with van der Waals surface area (Å²) in [6.07, 6.45) is 0.520. The number of amides is 1. The van der Waals surface area contributed by atoms with Crippen LogP contribution in [0.3, 0.4) is 0 Å². The first-order chi connectivity index (χ1) is 9.15. The molecule has 0 bridgehead atoms. The molecule has 1 amide bonds. The fourth-order valence-corrected chi connectivity index (χ4v) is 3.05. The highest BCUT2D eigenvalue weighted by atomic mass is 32.2. The molecule has 4 heteroatoms. The molecule has 1 aromatic carbocycles. The number of hydrogen-bond donors (Lipinski definition) is 1. The summed E-state index contributed by atoms with van der Waals surface area (Å²) in [6, 6.07) is 8.62. The predicted molar refractivity (Wildman–Crippen MR) is 82.8 cm³/mol. The van der Waals surface area contributed by atoms with E-state index in [0.29, 0.717) is 12.5 Å². The minimum atomic E-state index is 0.255. The molecule has 19 heavy (non-hydrogen) atoms. The van der Waals surface area contributed by atoms with Crippen molar-refractivity contribution in [2.24, 2.45) is 0 Å². The molecule has 1 aromatic rings. The van der Waals surface area contributed by atoms with E-state index in [2.05, 4.69) is 31.3 Å². The number of thioether (sulfide) groups is 1. The number of nitrogens with one attached hydrogen (secondary N) is 1. The van der Waals surface area contributed by atoms with E-state index in [1.54, 1.807) is 0 Å². The number of hydrogen-bond acceptors (Lipinski definition) is 3. The van der Waals surface area contributed by atoms with Crippen molar-refractivity contribution in [2.75, 3.05) is 29.9 Å². The van der Waals surface area contributed by atoms with Gasteiger partial charge in [-0.1, -0.05) is 12.1 Å². The van der Waals surface area contributed by atoms with Crippen molar-refractivity contribution >= 4 is 23.4 Å². The SMILES string of the molecule is CC(C)Nc1ccc(CC(=O)N2CCSCC2)cc1. The minimum Gasteiger partial charge on any atom is -0.383 e. The van der Waals surface area contributed by atoms with Crippen LogP contribution in [-0.4, -0.2) is 41.4 Å². The van der Waals surface area contributed by atoms with Crippen LogP contribution in [0.25, 0.3) is 0 Å². The second-order valence-corrected chi connectivity index (χ2v) is 6.39. The number of carbonyl (C=O) groups excluding carboxylic acids is 1. The van der Waals surface area contributed by atoms with Crippen LogP contribution in [0.4, 0.5) is 5.69 Å². The van der Waals surface area contributed by atoms with Crippen molar-refractivity contribution in [1.82, 2.24) is 4.90 Å². The Labute approximate surface area is 119 Å². The Hall–Kier alpha value is -1.16. The van der Waals surface area contributed by atoms with Gasteiger partial charge in [-0.05, 0) is 31.5 Å². The monoisotopic (exact) mass is 278 g/mol. The highest BCUT2D eigenvalue weighted by molar-refractivity contribution is 7.99. The third-order valence-electron chi connectivity index (χ3n) is 3.13. The lowest BCUT2D eigenvalue weighted by Gasteiger charge is -2.26. The molecule has 0 unspecified atom stereocenters. The largest absolute Gasteiger partial charge is 0.383 e. The van der Waals surface area contributed by atoms with Crippen LogP contribution in [-0.2, 0) is 11.2 Å². The van der Waals surface area contributed by atoms with Crippen LogP contribution in [0, 0.1) is 0 Å². The van der Waals surface area contributed by atoms with E-state index in [1.807, 2.05) is 28.8 Å². The summed E-state index contributed by atoms with van der Waals surface area (Å²) in [5.41, 5.74) is 2.21. The zero-order chi connectivity index (χ0) is 13.7. The summed E-state index contributed by atoms with van der Waals surface area (Å²) in [5, 5.41) is 3.35. The molecular formula is C15H22N2OS. The van der Waals surface area contributed by atoms with Crippen molar-refractivity contribution in [3.8, 4) is 0 Å². The van der Waals surface area contributed by atoms with Crippen LogP contribution in [0.15, 0.2) is 24.3 Å². The molecule has 0 saturated carbocycles. The van der Waals surface area contributed by atoms with E-state index >= 15 is 0 Å². The Morgan fingerprint density at radius 1 is 1.26 bits per heavy atom. The lowest BCUT2D eigenvalue weighted by molar-refractivity contribution is -0.130. The van der Waals surface area contributed by atoms with Gasteiger partial charge in [0, 0.05) is 36.3 Å². The zero-order valence-corrected chi connectivity index (χ0v) is 12.5. The smallest absolute Gasteiger partial charge is 0.227 e. The van der Waals surface area contributed by atoms with Crippen LogP contribution in [0.1, 0.15) is 19.4 Å². The van der Waals surface area contributed by atoms with Crippen LogP contribution in [0.2, 0.25) is 0 Å². The lowest BCUT2D eigenvalue weighted by Crippen LogP contribution is -2.38. The normalized spacial score (nSPS) is 15.6. The van der Waals surface area contributed by atoms with E-state index in [0.717, 1.165) is 35.8 Å². The summed E-state index contributed by atoms with van der Waals surface area (Å²) in [5.74, 6) is 2.40. The molecule has 0 atom stereocenters. The van der Waals surface area contributed by atoms with E-state index in [1.165, 1.54) is 0 Å². The number of rotatable bonds is 4. The second-order valence-electron chi connectivity index (χ2n) is 5.17. The van der Waals surface area contributed by atoms with Crippen LogP contribution >= 0.6 is 11.8 Å². The van der Waals surface area contributed by atoms with Gasteiger partial charge < -0.3 is 10.2 Å². The molecule has 0 radical (unpaired) electrons. The van der Waals surface area contributed by atoms with Gasteiger partial charge in [-0.25, -0.2) is 0 Å². The molecule has 1 saturated heterocycles. The maximum Gasteiger partial charge on any atom is 0.227 e. The minimum absolute atomic E-state index is 0.255. The molecule has 104 valence electrons. The third-order valence-corrected chi connectivity index (χ3v) is 4.07. The first-order valence-electron chi connectivity index (χ1n) is 6.86. The van der Waals surface area contributed by atoms with Gasteiger partial charge in [0.25, 0.3) is 0 Å². The predicted octanol–water partition coefficient (Wildman–Crippen LogP) is 2.62. The Morgan fingerprint density at radius 2 is 1.89 bits per heavy atom. The van der Waals surface area contributed by atoms with Gasteiger partial charge in [0.05, 0.1) is 6.42 Å². The van der Waals surface area contributed by atoms with E-state index < -0.39 is 0 Å². The van der Waals surface area contributed by atoms with Gasteiger partial charge in [-0.15, -0.1) is 0 Å². The molecule has 1 heterocycles. The summed E-state index contributed by atoms with van der Waals surface area (Å²) >= 11 is 1.93. The Morgan fingerprint density at radius 3 is 2.47 bits per heavy atom. The number of nitrogens with zero attached hydrogens (tertiary/aromatic N) is 1. The average Bonchev–Trinajstić information content (AvgIpc) is 2.41. The fourth-order valence-electron chi connectivity index (χ4n) is 2.15. The maximum absolute atomic E-state index is 12.1. The Balaban J connectivity index is 1.89. The quantitative estimate of drug-likeness (QED) is 0.919. The van der Waals surface area contributed by atoms with Gasteiger partial charge in [-0.3, -0.25) is 4.79 Å². The zero-order valence-electron chi connectivity index (χ0n) is 11.7. The van der Waals surface area contributed by atoms with E-state index in [4.69, 9.17) is 0 Å². The molecule has 0 aliphatic carbocycles. The molecule has 1 fully saturated rings. The molecule has 1 aliphatic heterocycles. The second kappa shape index (κ2) is 6.85. The average molecular weight is 278 g/mol. The Kier molecular flexibility index (Phi) is 5.14. The van der Waals surface area contributed by atoms with Gasteiger partial charge >= 0.3 is 0 Å². The van der Waals surface area contributed by atoms with Gasteiger partial charge in [0.1, 0.15) is 0 Å². The van der Waals surface area contributed by atoms with Crippen molar-refractivity contribution in [1.29, 1.82) is 0 Å². The standard InChI is InChI=1S/C15H22N2OS/c1-12(2)16-14-5-3-13(4-6-14)11-15(18)17-7-9-19-10-8-17/h3-6,12,16H,7-11H2,1-2H3. The maximum atomic E-state index is 12.1. The van der Waals surface area contributed by atoms with Gasteiger partial charge in [-0.2, -0.15) is 11.8 Å². The third kappa shape index (κ3) is 4.46. The first-order valence-corrected chi connectivity index (χ1v) is 8.01. The van der Waals surface area contributed by atoms with Crippen molar-refractivity contribution < 1.29 is 4.79 Å². The number of benzene rings is 1. The molecular weight excluding hydrogens is 256 g/mol. The molecule has 1 N–H and O–H groups in total. The molecule has 1 aliphatic rings. The topological polar surface area (TPSA) is 32.3 Å². The summed E-state index contributed by atoms with van der Waals surface area (Å²) in [7, 11) is 0. The van der Waals surface area contributed by atoms with Gasteiger partial charge in [0.15, 0.2) is 0 Å². The Bertz CT molecular complexity index is 411. The van der Waals surface area contributed by atoms with E-state index in [-0.39, 0.29) is 5.91 Å².